The Hall–Kier alpha value is -2.30. The van der Waals surface area contributed by atoms with Gasteiger partial charge in [-0.05, 0) is 39.0 Å². The summed E-state index contributed by atoms with van der Waals surface area (Å²) in [5.41, 5.74) is 0.352. The van der Waals surface area contributed by atoms with Gasteiger partial charge < -0.3 is 9.64 Å². The molecule has 3 heterocycles. The van der Waals surface area contributed by atoms with E-state index in [1.165, 1.54) is 16.4 Å². The number of sulfonamides is 1. The van der Waals surface area contributed by atoms with Crippen molar-refractivity contribution in [2.45, 2.75) is 51.0 Å². The van der Waals surface area contributed by atoms with Gasteiger partial charge in [0.1, 0.15) is 11.6 Å². The lowest BCUT2D eigenvalue weighted by atomic mass is 10.2. The highest BCUT2D eigenvalue weighted by Crippen LogP contribution is 2.23. The van der Waals surface area contributed by atoms with E-state index in [-0.39, 0.29) is 23.0 Å². The normalized spacial score (nSPS) is 23.1. The van der Waals surface area contributed by atoms with E-state index < -0.39 is 10.0 Å². The van der Waals surface area contributed by atoms with Crippen molar-refractivity contribution in [3.8, 4) is 0 Å². The van der Waals surface area contributed by atoms with Gasteiger partial charge in [-0.1, -0.05) is 6.07 Å². The summed E-state index contributed by atoms with van der Waals surface area (Å²) in [6.07, 6.45) is -0.347. The zero-order valence-electron chi connectivity index (χ0n) is 16.8. The molecule has 2 aliphatic heterocycles. The van der Waals surface area contributed by atoms with E-state index in [0.29, 0.717) is 44.1 Å². The lowest BCUT2D eigenvalue weighted by molar-refractivity contribution is -0.0440. The van der Waals surface area contributed by atoms with E-state index in [0.717, 1.165) is 5.82 Å². The minimum atomic E-state index is -3.70. The smallest absolute Gasteiger partial charge is 0.254 e. The molecule has 1 saturated heterocycles. The molecule has 0 saturated carbocycles. The van der Waals surface area contributed by atoms with Gasteiger partial charge in [0.2, 0.25) is 10.0 Å². The Morgan fingerprint density at radius 2 is 1.90 bits per heavy atom. The second-order valence-electron chi connectivity index (χ2n) is 7.63. The Morgan fingerprint density at radius 3 is 2.62 bits per heavy atom. The zero-order chi connectivity index (χ0) is 20.8. The molecule has 2 aromatic rings. The van der Waals surface area contributed by atoms with Crippen LogP contribution in [0.2, 0.25) is 0 Å². The van der Waals surface area contributed by atoms with Crippen LogP contribution < -0.4 is 0 Å². The molecule has 2 atom stereocenters. The third kappa shape index (κ3) is 3.92. The molecule has 2 aliphatic rings. The number of carbonyl (C=O) groups is 1. The number of aromatic nitrogens is 3. The number of rotatable bonds is 3. The highest BCUT2D eigenvalue weighted by Gasteiger charge is 2.33. The molecule has 29 heavy (non-hydrogen) atoms. The topological polar surface area (TPSA) is 97.6 Å². The maximum Gasteiger partial charge on any atom is 0.254 e. The molecule has 0 N–H and O–H groups in total. The molecule has 1 aromatic heterocycles. The second kappa shape index (κ2) is 7.51. The fraction of sp³-hybridized carbons (Fsp3) is 0.526. The molecule has 0 unspecified atom stereocenters. The monoisotopic (exact) mass is 419 g/mol. The van der Waals surface area contributed by atoms with Crippen LogP contribution in [0, 0.1) is 6.92 Å². The molecule has 0 bridgehead atoms. The van der Waals surface area contributed by atoms with Crippen molar-refractivity contribution in [1.29, 1.82) is 0 Å². The molecular weight excluding hydrogens is 394 g/mol. The van der Waals surface area contributed by atoms with E-state index in [4.69, 9.17) is 4.74 Å². The standard InChI is InChI=1S/C19H25N5O4S/c1-13-10-23(11-14(2)28-13)29(26,27)17-6-4-5-16(9-17)19(25)22-7-8-24-18(12-22)20-15(3)21-24/h4-6,9,13-14H,7-8,10-12H2,1-3H3/t13-,14-/m0/s1. The predicted octanol–water partition coefficient (Wildman–Crippen LogP) is 1.04. The minimum absolute atomic E-state index is 0.126. The van der Waals surface area contributed by atoms with Crippen molar-refractivity contribution in [2.24, 2.45) is 0 Å². The molecule has 156 valence electrons. The highest BCUT2D eigenvalue weighted by atomic mass is 32.2. The summed E-state index contributed by atoms with van der Waals surface area (Å²) in [7, 11) is -3.70. The van der Waals surface area contributed by atoms with Gasteiger partial charge in [0.15, 0.2) is 0 Å². The van der Waals surface area contributed by atoms with Crippen LogP contribution in [0.25, 0.3) is 0 Å². The Balaban J connectivity index is 1.56. The van der Waals surface area contributed by atoms with Crippen LogP contribution in [-0.4, -0.2) is 70.1 Å². The van der Waals surface area contributed by atoms with Crippen molar-refractivity contribution >= 4 is 15.9 Å². The van der Waals surface area contributed by atoms with Crippen LogP contribution in [0.3, 0.4) is 0 Å². The maximum absolute atomic E-state index is 13.1. The van der Waals surface area contributed by atoms with Crippen molar-refractivity contribution < 1.29 is 17.9 Å². The number of nitrogens with zero attached hydrogens (tertiary/aromatic N) is 5. The molecule has 1 fully saturated rings. The van der Waals surface area contributed by atoms with Gasteiger partial charge in [-0.2, -0.15) is 9.40 Å². The number of morpholine rings is 1. The summed E-state index contributed by atoms with van der Waals surface area (Å²) in [6.45, 7) is 7.56. The Bertz CT molecular complexity index is 1020. The summed E-state index contributed by atoms with van der Waals surface area (Å²) >= 11 is 0. The van der Waals surface area contributed by atoms with Crippen molar-refractivity contribution in [3.63, 3.8) is 0 Å². The first kappa shape index (κ1) is 20.0. The SMILES string of the molecule is Cc1nc2n(n1)CCN(C(=O)c1cccc(S(=O)(=O)N3C[C@H](C)O[C@@H](C)C3)c1)C2. The lowest BCUT2D eigenvalue weighted by Crippen LogP contribution is -2.48. The molecule has 0 spiro atoms. The van der Waals surface area contributed by atoms with Crippen LogP contribution >= 0.6 is 0 Å². The van der Waals surface area contributed by atoms with Gasteiger partial charge in [0, 0.05) is 25.2 Å². The van der Waals surface area contributed by atoms with E-state index in [9.17, 15) is 13.2 Å². The van der Waals surface area contributed by atoms with E-state index in [2.05, 4.69) is 10.1 Å². The number of aryl methyl sites for hydroxylation is 1. The van der Waals surface area contributed by atoms with Crippen LogP contribution in [0.15, 0.2) is 29.2 Å². The summed E-state index contributed by atoms with van der Waals surface area (Å²) < 4.78 is 35.1. The van der Waals surface area contributed by atoms with Gasteiger partial charge in [-0.15, -0.1) is 0 Å². The van der Waals surface area contributed by atoms with Crippen LogP contribution in [0.1, 0.15) is 35.9 Å². The van der Waals surface area contributed by atoms with Gasteiger partial charge in [0.25, 0.3) is 5.91 Å². The fourth-order valence-corrected chi connectivity index (χ4v) is 5.52. The Morgan fingerprint density at radius 1 is 1.17 bits per heavy atom. The maximum atomic E-state index is 13.1. The van der Waals surface area contributed by atoms with Crippen LogP contribution in [0.5, 0.6) is 0 Å². The number of carbonyl (C=O) groups excluding carboxylic acids is 1. The Kier molecular flexibility index (Phi) is 5.18. The highest BCUT2D eigenvalue weighted by molar-refractivity contribution is 7.89. The number of hydrogen-bond donors (Lipinski definition) is 0. The number of benzene rings is 1. The number of amides is 1. The number of ether oxygens (including phenoxy) is 1. The third-order valence-corrected chi connectivity index (χ3v) is 6.99. The lowest BCUT2D eigenvalue weighted by Gasteiger charge is -2.34. The van der Waals surface area contributed by atoms with Crippen molar-refractivity contribution in [3.05, 3.63) is 41.5 Å². The van der Waals surface area contributed by atoms with Crippen LogP contribution in [0.4, 0.5) is 0 Å². The Labute approximate surface area is 170 Å². The molecule has 0 aliphatic carbocycles. The average molecular weight is 420 g/mol. The first-order chi connectivity index (χ1) is 13.7. The van der Waals surface area contributed by atoms with Gasteiger partial charge in [-0.3, -0.25) is 4.79 Å². The van der Waals surface area contributed by atoms with E-state index >= 15 is 0 Å². The van der Waals surface area contributed by atoms with Crippen LogP contribution in [-0.2, 0) is 27.8 Å². The third-order valence-electron chi connectivity index (χ3n) is 5.16. The summed E-state index contributed by atoms with van der Waals surface area (Å²) in [5, 5.41) is 4.30. The van der Waals surface area contributed by atoms with E-state index in [1.807, 2.05) is 20.8 Å². The molecule has 4 rings (SSSR count). The molecule has 9 nitrogen and oxygen atoms in total. The average Bonchev–Trinajstić information content (AvgIpc) is 3.06. The second-order valence-corrected chi connectivity index (χ2v) is 9.57. The van der Waals surface area contributed by atoms with Gasteiger partial charge in [-0.25, -0.2) is 18.1 Å². The molecule has 1 amide bonds. The summed E-state index contributed by atoms with van der Waals surface area (Å²) in [6, 6.07) is 6.26. The summed E-state index contributed by atoms with van der Waals surface area (Å²) in [5.74, 6) is 1.20. The zero-order valence-corrected chi connectivity index (χ0v) is 17.6. The number of hydrogen-bond acceptors (Lipinski definition) is 6. The predicted molar refractivity (Wildman–Crippen MR) is 105 cm³/mol. The fourth-order valence-electron chi connectivity index (χ4n) is 3.88. The molecule has 0 radical (unpaired) electrons. The van der Waals surface area contributed by atoms with Gasteiger partial charge >= 0.3 is 0 Å². The first-order valence-electron chi connectivity index (χ1n) is 9.69. The molecule has 1 aromatic carbocycles. The molecule has 10 heteroatoms. The summed E-state index contributed by atoms with van der Waals surface area (Å²) in [4.78, 5) is 19.2. The van der Waals surface area contributed by atoms with E-state index in [1.54, 1.807) is 21.7 Å². The largest absolute Gasteiger partial charge is 0.373 e. The van der Waals surface area contributed by atoms with Crippen molar-refractivity contribution in [1.82, 2.24) is 24.0 Å². The molecular formula is C19H25N5O4S. The minimum Gasteiger partial charge on any atom is -0.373 e. The quantitative estimate of drug-likeness (QED) is 0.737. The number of fused-ring (bicyclic) bond motifs is 1. The van der Waals surface area contributed by atoms with Gasteiger partial charge in [0.05, 0.1) is 30.2 Å². The van der Waals surface area contributed by atoms with Crippen molar-refractivity contribution in [2.75, 3.05) is 19.6 Å². The first-order valence-corrected chi connectivity index (χ1v) is 11.1.